The smallest absolute Gasteiger partial charge is 0.341 e. The third-order valence-electron chi connectivity index (χ3n) is 2.90. The number of sulfone groups is 1. The van der Waals surface area contributed by atoms with Gasteiger partial charge < -0.3 is 5.32 Å². The Bertz CT molecular complexity index is 781. The summed E-state index contributed by atoms with van der Waals surface area (Å²) in [7, 11) is -4.71. The highest BCUT2D eigenvalue weighted by Gasteiger charge is 2.28. The van der Waals surface area contributed by atoms with Gasteiger partial charge in [-0.2, -0.15) is 8.78 Å². The molecule has 118 valence electrons. The first-order valence-electron chi connectivity index (χ1n) is 6.11. The minimum atomic E-state index is -4.71. The average Bonchev–Trinajstić information content (AvgIpc) is 2.48. The van der Waals surface area contributed by atoms with Gasteiger partial charge >= 0.3 is 5.76 Å². The van der Waals surface area contributed by atoms with E-state index in [1.165, 1.54) is 36.4 Å². The minimum Gasteiger partial charge on any atom is -0.380 e. The fourth-order valence-electron chi connectivity index (χ4n) is 1.80. The molecule has 0 radical (unpaired) electrons. The summed E-state index contributed by atoms with van der Waals surface area (Å²) >= 11 is 5.64. The highest BCUT2D eigenvalue weighted by molar-refractivity contribution is 7.91. The van der Waals surface area contributed by atoms with Crippen LogP contribution in [0.4, 0.5) is 18.9 Å². The number of anilines is 1. The van der Waals surface area contributed by atoms with Gasteiger partial charge in [-0.3, -0.25) is 0 Å². The van der Waals surface area contributed by atoms with Crippen LogP contribution in [0.1, 0.15) is 5.56 Å². The lowest BCUT2D eigenvalue weighted by Crippen LogP contribution is -2.14. The Morgan fingerprint density at radius 1 is 1.14 bits per heavy atom. The summed E-state index contributed by atoms with van der Waals surface area (Å²) in [4.78, 5) is -0.488. The number of para-hydroxylation sites is 1. The lowest BCUT2D eigenvalue weighted by molar-refractivity contribution is 0.235. The van der Waals surface area contributed by atoms with Crippen molar-refractivity contribution in [2.24, 2.45) is 0 Å². The first-order chi connectivity index (χ1) is 10.3. The van der Waals surface area contributed by atoms with E-state index in [9.17, 15) is 21.6 Å². The number of nitrogens with one attached hydrogen (secondary N) is 1. The number of rotatable bonds is 5. The van der Waals surface area contributed by atoms with Crippen LogP contribution in [-0.2, 0) is 16.4 Å². The molecule has 0 saturated carbocycles. The van der Waals surface area contributed by atoms with Crippen LogP contribution in [0.15, 0.2) is 47.4 Å². The van der Waals surface area contributed by atoms with Crippen molar-refractivity contribution < 1.29 is 21.6 Å². The summed E-state index contributed by atoms with van der Waals surface area (Å²) in [6, 6.07) is 9.34. The van der Waals surface area contributed by atoms with Crippen molar-refractivity contribution in [2.45, 2.75) is 17.2 Å². The SMILES string of the molecule is O=S(=O)(c1ccccc1NCc1ccc(F)c(Cl)c1)C(F)F. The third-order valence-corrected chi connectivity index (χ3v) is 4.62. The lowest BCUT2D eigenvalue weighted by Gasteiger charge is -2.12. The molecule has 1 N–H and O–H groups in total. The molecule has 0 aliphatic heterocycles. The Kier molecular flexibility index (Phi) is 4.97. The molecule has 0 atom stereocenters. The highest BCUT2D eigenvalue weighted by Crippen LogP contribution is 2.26. The Morgan fingerprint density at radius 2 is 1.82 bits per heavy atom. The van der Waals surface area contributed by atoms with Crippen molar-refractivity contribution in [2.75, 3.05) is 5.32 Å². The van der Waals surface area contributed by atoms with E-state index in [0.717, 1.165) is 6.07 Å². The fourth-order valence-corrected chi connectivity index (χ4v) is 2.91. The molecule has 0 unspecified atom stereocenters. The monoisotopic (exact) mass is 349 g/mol. The fraction of sp³-hybridized carbons (Fsp3) is 0.143. The van der Waals surface area contributed by atoms with Crippen molar-refractivity contribution in [1.29, 1.82) is 0 Å². The van der Waals surface area contributed by atoms with Crippen LogP contribution in [0, 0.1) is 5.82 Å². The van der Waals surface area contributed by atoms with Gasteiger partial charge in [0, 0.05) is 6.54 Å². The summed E-state index contributed by atoms with van der Waals surface area (Å²) < 4.78 is 61.6. The number of benzene rings is 2. The normalized spacial score (nSPS) is 11.7. The molecule has 2 aromatic carbocycles. The highest BCUT2D eigenvalue weighted by atomic mass is 35.5. The zero-order valence-electron chi connectivity index (χ0n) is 11.1. The van der Waals surface area contributed by atoms with Crippen molar-refractivity contribution >= 4 is 27.1 Å². The number of alkyl halides is 2. The van der Waals surface area contributed by atoms with Crippen LogP contribution < -0.4 is 5.32 Å². The van der Waals surface area contributed by atoms with E-state index in [-0.39, 0.29) is 17.3 Å². The van der Waals surface area contributed by atoms with Crippen molar-refractivity contribution in [3.05, 3.63) is 58.9 Å². The number of hydrogen-bond donors (Lipinski definition) is 1. The number of hydrogen-bond acceptors (Lipinski definition) is 3. The molecule has 8 heteroatoms. The quantitative estimate of drug-likeness (QED) is 0.884. The molecule has 0 aromatic heterocycles. The van der Waals surface area contributed by atoms with Crippen LogP contribution >= 0.6 is 11.6 Å². The van der Waals surface area contributed by atoms with Gasteiger partial charge in [0.15, 0.2) is 0 Å². The minimum absolute atomic E-state index is 0.0447. The Labute approximate surface area is 130 Å². The number of halogens is 4. The van der Waals surface area contributed by atoms with E-state index < -0.39 is 26.3 Å². The molecular weight excluding hydrogens is 339 g/mol. The summed E-state index contributed by atoms with van der Waals surface area (Å²) in [5.41, 5.74) is 0.624. The summed E-state index contributed by atoms with van der Waals surface area (Å²) in [6.45, 7) is 0.107. The van der Waals surface area contributed by atoms with Crippen LogP contribution in [0.3, 0.4) is 0 Å². The zero-order valence-corrected chi connectivity index (χ0v) is 12.6. The van der Waals surface area contributed by atoms with Gasteiger partial charge in [-0.15, -0.1) is 0 Å². The second-order valence-electron chi connectivity index (χ2n) is 4.40. The van der Waals surface area contributed by atoms with E-state index in [2.05, 4.69) is 5.32 Å². The van der Waals surface area contributed by atoms with Gasteiger partial charge in [0.2, 0.25) is 9.84 Å². The molecule has 0 fully saturated rings. The molecule has 2 aromatic rings. The van der Waals surface area contributed by atoms with Crippen LogP contribution in [-0.4, -0.2) is 14.2 Å². The van der Waals surface area contributed by atoms with Crippen molar-refractivity contribution in [3.63, 3.8) is 0 Å². The van der Waals surface area contributed by atoms with Crippen LogP contribution in [0.2, 0.25) is 5.02 Å². The molecule has 22 heavy (non-hydrogen) atoms. The molecule has 2 rings (SSSR count). The average molecular weight is 350 g/mol. The summed E-state index contributed by atoms with van der Waals surface area (Å²) in [5.74, 6) is -4.08. The molecule has 3 nitrogen and oxygen atoms in total. The topological polar surface area (TPSA) is 46.2 Å². The summed E-state index contributed by atoms with van der Waals surface area (Å²) in [5, 5.41) is 2.67. The first kappa shape index (κ1) is 16.6. The largest absolute Gasteiger partial charge is 0.380 e. The zero-order chi connectivity index (χ0) is 16.3. The van der Waals surface area contributed by atoms with Gasteiger partial charge in [0.25, 0.3) is 0 Å². The standard InChI is InChI=1S/C14H11ClF3NO2S/c15-10-7-9(5-6-11(10)16)8-19-12-3-1-2-4-13(12)22(20,21)14(17)18/h1-7,14,19H,8H2. The van der Waals surface area contributed by atoms with Crippen LogP contribution in [0.25, 0.3) is 0 Å². The molecule has 0 aliphatic carbocycles. The maximum Gasteiger partial charge on any atom is 0.341 e. The Balaban J connectivity index is 2.26. The van der Waals surface area contributed by atoms with Crippen molar-refractivity contribution in [3.8, 4) is 0 Å². The van der Waals surface area contributed by atoms with Gasteiger partial charge in [0.1, 0.15) is 5.82 Å². The molecule has 0 heterocycles. The second kappa shape index (κ2) is 6.58. The maximum absolute atomic E-state index is 13.1. The Morgan fingerprint density at radius 3 is 2.45 bits per heavy atom. The first-order valence-corrected chi connectivity index (χ1v) is 8.03. The van der Waals surface area contributed by atoms with Crippen molar-refractivity contribution in [1.82, 2.24) is 0 Å². The summed E-state index contributed by atoms with van der Waals surface area (Å²) in [6.07, 6.45) is 0. The molecule has 0 aliphatic rings. The van der Waals surface area contributed by atoms with Gasteiger partial charge in [-0.25, -0.2) is 12.8 Å². The predicted octanol–water partition coefficient (Wildman–Crippen LogP) is 4.09. The van der Waals surface area contributed by atoms with E-state index in [4.69, 9.17) is 11.6 Å². The van der Waals surface area contributed by atoms with E-state index in [1.54, 1.807) is 0 Å². The molecule has 0 bridgehead atoms. The van der Waals surface area contributed by atoms with E-state index in [1.807, 2.05) is 0 Å². The Hall–Kier alpha value is -1.73. The predicted molar refractivity (Wildman–Crippen MR) is 78.4 cm³/mol. The van der Waals surface area contributed by atoms with Crippen LogP contribution in [0.5, 0.6) is 0 Å². The van der Waals surface area contributed by atoms with Gasteiger partial charge in [0.05, 0.1) is 15.6 Å². The van der Waals surface area contributed by atoms with E-state index >= 15 is 0 Å². The molecule has 0 spiro atoms. The molecular formula is C14H11ClF3NO2S. The second-order valence-corrected chi connectivity index (χ2v) is 6.70. The lowest BCUT2D eigenvalue weighted by atomic mass is 10.2. The maximum atomic E-state index is 13.1. The third kappa shape index (κ3) is 3.53. The molecule has 0 saturated heterocycles. The van der Waals surface area contributed by atoms with E-state index in [0.29, 0.717) is 5.56 Å². The molecule has 0 amide bonds. The van der Waals surface area contributed by atoms with Gasteiger partial charge in [-0.1, -0.05) is 29.8 Å². The van der Waals surface area contributed by atoms with Gasteiger partial charge in [-0.05, 0) is 29.8 Å².